The number of hydrogen-bond acceptors (Lipinski definition) is 0. The zero-order valence-electron chi connectivity index (χ0n) is 18.6. The third kappa shape index (κ3) is 3.95. The van der Waals surface area contributed by atoms with Gasteiger partial charge in [0.2, 0.25) is 0 Å². The molecule has 0 spiro atoms. The normalized spacial score (nSPS) is 45.5. The summed E-state index contributed by atoms with van der Waals surface area (Å²) in [6.45, 7) is 16.4. The Morgan fingerprint density at radius 2 is 1.50 bits per heavy atom. The van der Waals surface area contributed by atoms with Crippen LogP contribution in [0.5, 0.6) is 0 Å². The number of rotatable bonds is 1. The van der Waals surface area contributed by atoms with Gasteiger partial charge < -0.3 is 0 Å². The molecule has 0 amide bonds. The summed E-state index contributed by atoms with van der Waals surface area (Å²) in [7, 11) is 0. The van der Waals surface area contributed by atoms with Crippen molar-refractivity contribution < 1.29 is 8.78 Å². The molecule has 0 N–H and O–H groups in total. The van der Waals surface area contributed by atoms with Crippen LogP contribution in [0.2, 0.25) is 0 Å². The smallest absolute Gasteiger partial charge is 0.206 e. The Labute approximate surface area is 174 Å². The maximum absolute atomic E-state index is 15.4. The molecule has 8 unspecified atom stereocenters. The average molecular weight is 399 g/mol. The third-order valence-electron chi connectivity index (χ3n) is 9.01. The summed E-state index contributed by atoms with van der Waals surface area (Å²) in [5.41, 5.74) is -0.711. The number of alkyl halides is 2. The van der Waals surface area contributed by atoms with Crippen molar-refractivity contribution in [1.82, 2.24) is 0 Å². The lowest BCUT2D eigenvalue weighted by molar-refractivity contribution is -0.227. The van der Waals surface area contributed by atoms with Gasteiger partial charge >= 0.3 is 0 Å². The second-order valence-electron chi connectivity index (χ2n) is 9.73. The standard InChI is InChI=1S/C21H34F2.C2H6.C2H4.CH4/c1-4-15-7-10-19-17-9-6-14-11-13(2)5-8-16(14)18(17)12-21(22,23)20(15,19)3;2*1-2;/h13-19H,4-12H2,1-3H3;1-2H3;1-2H2;1H4. The molecule has 2 heteroatoms. The van der Waals surface area contributed by atoms with Gasteiger partial charge in [0.05, 0.1) is 0 Å². The summed E-state index contributed by atoms with van der Waals surface area (Å²) in [4.78, 5) is 0. The van der Waals surface area contributed by atoms with Crippen LogP contribution in [0.1, 0.15) is 99.8 Å². The fourth-order valence-corrected chi connectivity index (χ4v) is 7.81. The Balaban J connectivity index is 0.000000739. The number of halogens is 2. The van der Waals surface area contributed by atoms with Crippen LogP contribution in [0.15, 0.2) is 13.2 Å². The molecular formula is C26H48F2. The van der Waals surface area contributed by atoms with E-state index in [1.807, 2.05) is 20.8 Å². The van der Waals surface area contributed by atoms with Crippen LogP contribution in [0.4, 0.5) is 8.78 Å². The molecule has 0 aromatic carbocycles. The molecule has 4 saturated carbocycles. The maximum atomic E-state index is 15.4. The van der Waals surface area contributed by atoms with Crippen molar-refractivity contribution in [3.8, 4) is 0 Å². The fourth-order valence-electron chi connectivity index (χ4n) is 7.81. The first-order chi connectivity index (χ1) is 12.9. The highest BCUT2D eigenvalue weighted by atomic mass is 19.3. The highest BCUT2D eigenvalue weighted by molar-refractivity contribution is 5.12. The van der Waals surface area contributed by atoms with Gasteiger partial charge in [0.15, 0.2) is 0 Å². The molecule has 0 radical (unpaired) electrons. The Kier molecular flexibility index (Phi) is 9.22. The summed E-state index contributed by atoms with van der Waals surface area (Å²) >= 11 is 0. The predicted molar refractivity (Wildman–Crippen MR) is 120 cm³/mol. The zero-order valence-corrected chi connectivity index (χ0v) is 18.6. The van der Waals surface area contributed by atoms with E-state index in [4.69, 9.17) is 0 Å². The molecule has 0 heterocycles. The second-order valence-corrected chi connectivity index (χ2v) is 9.73. The van der Waals surface area contributed by atoms with Crippen LogP contribution in [0.25, 0.3) is 0 Å². The van der Waals surface area contributed by atoms with Gasteiger partial charge in [-0.3, -0.25) is 0 Å². The van der Waals surface area contributed by atoms with E-state index in [2.05, 4.69) is 27.0 Å². The maximum Gasteiger partial charge on any atom is 0.254 e. The van der Waals surface area contributed by atoms with Gasteiger partial charge in [0.1, 0.15) is 0 Å². The van der Waals surface area contributed by atoms with E-state index in [0.717, 1.165) is 31.1 Å². The minimum Gasteiger partial charge on any atom is -0.206 e. The molecule has 0 nitrogen and oxygen atoms in total. The van der Waals surface area contributed by atoms with E-state index in [0.29, 0.717) is 23.7 Å². The van der Waals surface area contributed by atoms with Gasteiger partial charge in [-0.05, 0) is 80.0 Å². The van der Waals surface area contributed by atoms with Crippen LogP contribution in [0.3, 0.4) is 0 Å². The molecule has 0 bridgehead atoms. The van der Waals surface area contributed by atoms with Crippen LogP contribution in [-0.4, -0.2) is 5.92 Å². The highest BCUT2D eigenvalue weighted by Gasteiger charge is 2.68. The van der Waals surface area contributed by atoms with E-state index in [1.165, 1.54) is 32.1 Å². The summed E-state index contributed by atoms with van der Waals surface area (Å²) in [5, 5.41) is 0. The molecule has 4 aliphatic carbocycles. The lowest BCUT2D eigenvalue weighted by atomic mass is 9.48. The van der Waals surface area contributed by atoms with E-state index in [-0.39, 0.29) is 19.8 Å². The minimum absolute atomic E-state index is 0. The molecule has 0 aromatic heterocycles. The van der Waals surface area contributed by atoms with E-state index in [9.17, 15) is 0 Å². The van der Waals surface area contributed by atoms with Gasteiger partial charge in [-0.2, -0.15) is 0 Å². The topological polar surface area (TPSA) is 0 Å². The van der Waals surface area contributed by atoms with E-state index in [1.54, 1.807) is 0 Å². The molecule has 8 atom stereocenters. The van der Waals surface area contributed by atoms with Crippen molar-refractivity contribution in [2.75, 3.05) is 0 Å². The van der Waals surface area contributed by atoms with Crippen LogP contribution >= 0.6 is 0 Å². The Hall–Kier alpha value is -0.400. The van der Waals surface area contributed by atoms with Crippen molar-refractivity contribution >= 4 is 0 Å². The Bertz CT molecular complexity index is 473. The first kappa shape index (κ1) is 25.6. The predicted octanol–water partition coefficient (Wildman–Crippen LogP) is 9.01. The van der Waals surface area contributed by atoms with Gasteiger partial charge in [0.25, 0.3) is 5.92 Å². The first-order valence-corrected chi connectivity index (χ1v) is 11.8. The van der Waals surface area contributed by atoms with E-state index < -0.39 is 11.3 Å². The van der Waals surface area contributed by atoms with Gasteiger partial charge in [-0.25, -0.2) is 8.78 Å². The summed E-state index contributed by atoms with van der Waals surface area (Å²) < 4.78 is 30.8. The summed E-state index contributed by atoms with van der Waals surface area (Å²) in [6.07, 6.45) is 9.62. The van der Waals surface area contributed by atoms with Crippen LogP contribution in [-0.2, 0) is 0 Å². The van der Waals surface area contributed by atoms with E-state index >= 15 is 8.78 Å². The first-order valence-electron chi connectivity index (χ1n) is 11.8. The Morgan fingerprint density at radius 3 is 2.11 bits per heavy atom. The van der Waals surface area contributed by atoms with Crippen LogP contribution in [0, 0.1) is 46.8 Å². The largest absolute Gasteiger partial charge is 0.254 e. The fraction of sp³-hybridized carbons (Fsp3) is 0.923. The molecule has 4 rings (SSSR count). The van der Waals surface area contributed by atoms with Gasteiger partial charge in [0, 0.05) is 11.8 Å². The van der Waals surface area contributed by atoms with Gasteiger partial charge in [-0.1, -0.05) is 54.9 Å². The quantitative estimate of drug-likeness (QED) is 0.386. The molecule has 4 aliphatic rings. The lowest BCUT2D eigenvalue weighted by Gasteiger charge is -2.58. The average Bonchev–Trinajstić information content (AvgIpc) is 3.03. The second kappa shape index (κ2) is 10.1. The van der Waals surface area contributed by atoms with Crippen LogP contribution < -0.4 is 0 Å². The summed E-state index contributed by atoms with van der Waals surface area (Å²) in [6, 6.07) is 0. The van der Waals surface area contributed by atoms with Crippen molar-refractivity contribution in [3.63, 3.8) is 0 Å². The zero-order chi connectivity index (χ0) is 20.4. The minimum atomic E-state index is -2.44. The third-order valence-corrected chi connectivity index (χ3v) is 9.01. The van der Waals surface area contributed by atoms with Crippen molar-refractivity contribution in [1.29, 1.82) is 0 Å². The van der Waals surface area contributed by atoms with Crippen molar-refractivity contribution in [3.05, 3.63) is 13.2 Å². The number of hydrogen-bond donors (Lipinski definition) is 0. The highest BCUT2D eigenvalue weighted by Crippen LogP contribution is 2.69. The Morgan fingerprint density at radius 1 is 0.893 bits per heavy atom. The molecule has 166 valence electrons. The molecule has 28 heavy (non-hydrogen) atoms. The molecular weight excluding hydrogens is 350 g/mol. The molecule has 4 fully saturated rings. The monoisotopic (exact) mass is 398 g/mol. The van der Waals surface area contributed by atoms with Crippen molar-refractivity contribution in [2.24, 2.45) is 46.8 Å². The van der Waals surface area contributed by atoms with Gasteiger partial charge in [-0.15, -0.1) is 13.2 Å². The van der Waals surface area contributed by atoms with Crippen molar-refractivity contribution in [2.45, 2.75) is 106 Å². The number of fused-ring (bicyclic) bond motifs is 5. The molecule has 0 aliphatic heterocycles. The lowest BCUT2D eigenvalue weighted by Crippen LogP contribution is -2.58. The molecule has 0 saturated heterocycles. The summed E-state index contributed by atoms with van der Waals surface area (Å²) in [5.74, 6) is 1.20. The molecule has 0 aromatic rings. The SMILES string of the molecule is C.C=C.CC.CCC1CCC2C3CCC4CC(C)CCC4C3CC(F)(F)C12C.